The molecule has 4 atom stereocenters. The zero-order valence-corrected chi connectivity index (χ0v) is 23.8. The van der Waals surface area contributed by atoms with Crippen molar-refractivity contribution in [1.82, 2.24) is 4.90 Å². The molecule has 1 saturated heterocycles. The van der Waals surface area contributed by atoms with Crippen LogP contribution in [0.25, 0.3) is 6.08 Å². The number of hydrogen-bond acceptors (Lipinski definition) is 5. The highest BCUT2D eigenvalue weighted by Gasteiger charge is 2.70. The molecule has 0 radical (unpaired) electrons. The normalized spacial score (nSPS) is 22.9. The van der Waals surface area contributed by atoms with Crippen molar-refractivity contribution in [2.45, 2.75) is 17.5 Å². The number of nitrogens with one attached hydrogen (secondary N) is 1. The Labute approximate surface area is 254 Å². The van der Waals surface area contributed by atoms with Crippen LogP contribution in [0, 0.1) is 5.92 Å². The van der Waals surface area contributed by atoms with Gasteiger partial charge in [0.2, 0.25) is 5.91 Å². The first kappa shape index (κ1) is 26.9. The third-order valence-corrected chi connectivity index (χ3v) is 9.01. The predicted molar refractivity (Wildman–Crippen MR) is 166 cm³/mol. The van der Waals surface area contributed by atoms with Crippen molar-refractivity contribution >= 4 is 40.8 Å². The Bertz CT molecular complexity index is 1830. The van der Waals surface area contributed by atoms with Gasteiger partial charge >= 0.3 is 0 Å². The molecule has 3 heterocycles. The van der Waals surface area contributed by atoms with Gasteiger partial charge < -0.3 is 15.0 Å². The number of fused-ring (bicyclic) bond motifs is 6. The largest absolute Gasteiger partial charge is 0.489 e. The van der Waals surface area contributed by atoms with Crippen molar-refractivity contribution in [3.63, 3.8) is 0 Å². The molecule has 0 aliphatic carbocycles. The van der Waals surface area contributed by atoms with Gasteiger partial charge in [-0.3, -0.25) is 14.4 Å². The molecule has 7 heteroatoms. The summed E-state index contributed by atoms with van der Waals surface area (Å²) in [5.74, 6) is -1.67. The summed E-state index contributed by atoms with van der Waals surface area (Å²) in [6.45, 7) is 3.93. The third-order valence-electron chi connectivity index (χ3n) is 8.76. The summed E-state index contributed by atoms with van der Waals surface area (Å²) in [6.07, 6.45) is 5.40. The summed E-state index contributed by atoms with van der Waals surface area (Å²) in [7, 11) is 0. The summed E-state index contributed by atoms with van der Waals surface area (Å²) < 4.78 is 5.92. The smallest absolute Gasteiger partial charge is 0.238 e. The number of hydrogen-bond donors (Lipinski definition) is 1. The van der Waals surface area contributed by atoms with Crippen molar-refractivity contribution in [2.24, 2.45) is 5.92 Å². The van der Waals surface area contributed by atoms with Gasteiger partial charge in [0.05, 0.1) is 17.5 Å². The first-order valence-electron chi connectivity index (χ1n) is 14.1. The number of ketones is 2. The number of para-hydroxylation sites is 2. The summed E-state index contributed by atoms with van der Waals surface area (Å²) in [5, 5.41) is 3.57. The summed E-state index contributed by atoms with van der Waals surface area (Å²) >= 11 is 6.17. The van der Waals surface area contributed by atoms with E-state index in [1.54, 1.807) is 54.6 Å². The number of amides is 1. The molecule has 1 fully saturated rings. The third kappa shape index (κ3) is 3.97. The predicted octanol–water partition coefficient (Wildman–Crippen LogP) is 6.89. The minimum atomic E-state index is -1.42. The fraction of sp³-hybridized carbons (Fsp3) is 0.139. The van der Waals surface area contributed by atoms with Gasteiger partial charge in [0.15, 0.2) is 11.6 Å². The molecule has 0 unspecified atom stereocenters. The van der Waals surface area contributed by atoms with Crippen LogP contribution in [0.1, 0.15) is 43.4 Å². The van der Waals surface area contributed by atoms with Crippen LogP contribution in [0.15, 0.2) is 116 Å². The first-order valence-corrected chi connectivity index (χ1v) is 14.5. The zero-order chi connectivity index (χ0) is 29.7. The molecule has 6 nitrogen and oxygen atoms in total. The second-order valence-corrected chi connectivity index (χ2v) is 11.4. The van der Waals surface area contributed by atoms with E-state index in [2.05, 4.69) is 11.9 Å². The lowest BCUT2D eigenvalue weighted by molar-refractivity contribution is -0.122. The van der Waals surface area contributed by atoms with E-state index in [1.165, 1.54) is 0 Å². The Kier molecular flexibility index (Phi) is 6.51. The standard InChI is InChI=1S/C36H27ClN2O4/c1-2-21-43-29-14-8-5-11-26(29)33(41)30-31(32(40)23-15-17-24(37)18-16-23)39-20-19-22-9-3-4-10-25(22)34(39)36(30)27-12-6-7-13-28(27)38-35(36)42/h2-20,30-31,34H,1,21H2,(H,38,42)/t30-,31-,34+,36+/m0/s1. The van der Waals surface area contributed by atoms with Crippen LogP contribution < -0.4 is 10.1 Å². The van der Waals surface area contributed by atoms with Crippen LogP contribution in [0.4, 0.5) is 5.69 Å². The molecule has 4 aromatic carbocycles. The molecule has 0 bridgehead atoms. The van der Waals surface area contributed by atoms with Crippen LogP contribution in [0.2, 0.25) is 5.02 Å². The maximum absolute atomic E-state index is 15.1. The average molecular weight is 587 g/mol. The Morgan fingerprint density at radius 2 is 1.65 bits per heavy atom. The molecule has 0 saturated carbocycles. The number of anilines is 1. The van der Waals surface area contributed by atoms with Crippen LogP contribution in [-0.4, -0.2) is 35.0 Å². The summed E-state index contributed by atoms with van der Waals surface area (Å²) in [6, 6.07) is 27.2. The van der Waals surface area contributed by atoms with E-state index >= 15 is 4.79 Å². The molecule has 1 amide bonds. The lowest BCUT2D eigenvalue weighted by Gasteiger charge is -2.38. The molecule has 1 spiro atoms. The van der Waals surface area contributed by atoms with Gasteiger partial charge in [-0.1, -0.05) is 78.9 Å². The van der Waals surface area contributed by atoms with Crippen LogP contribution >= 0.6 is 11.6 Å². The van der Waals surface area contributed by atoms with Gasteiger partial charge in [-0.2, -0.15) is 0 Å². The number of rotatable bonds is 7. The molecule has 3 aliphatic heterocycles. The van der Waals surface area contributed by atoms with Crippen LogP contribution in [-0.2, 0) is 10.2 Å². The molecule has 0 aromatic heterocycles. The Morgan fingerprint density at radius 1 is 0.930 bits per heavy atom. The monoisotopic (exact) mass is 586 g/mol. The number of carbonyl (C=O) groups is 3. The summed E-state index contributed by atoms with van der Waals surface area (Å²) in [5.41, 5.74) is 2.41. The zero-order valence-electron chi connectivity index (χ0n) is 23.1. The topological polar surface area (TPSA) is 75.7 Å². The molecular weight excluding hydrogens is 560 g/mol. The molecule has 43 heavy (non-hydrogen) atoms. The lowest BCUT2D eigenvalue weighted by Crippen LogP contribution is -2.49. The van der Waals surface area contributed by atoms with E-state index in [0.717, 1.165) is 11.1 Å². The van der Waals surface area contributed by atoms with E-state index in [9.17, 15) is 9.59 Å². The minimum Gasteiger partial charge on any atom is -0.489 e. The van der Waals surface area contributed by atoms with Crippen molar-refractivity contribution in [3.8, 4) is 5.75 Å². The van der Waals surface area contributed by atoms with Gasteiger partial charge in [-0.25, -0.2) is 0 Å². The van der Waals surface area contributed by atoms with Gasteiger partial charge in [-0.05, 0) is 65.2 Å². The van der Waals surface area contributed by atoms with E-state index in [4.69, 9.17) is 16.3 Å². The highest BCUT2D eigenvalue weighted by Crippen LogP contribution is 2.62. The van der Waals surface area contributed by atoms with Gasteiger partial charge in [-0.15, -0.1) is 0 Å². The van der Waals surface area contributed by atoms with E-state index in [0.29, 0.717) is 33.1 Å². The van der Waals surface area contributed by atoms with Crippen molar-refractivity contribution in [1.29, 1.82) is 0 Å². The maximum Gasteiger partial charge on any atom is 0.238 e. The van der Waals surface area contributed by atoms with Crippen molar-refractivity contribution in [3.05, 3.63) is 149 Å². The van der Waals surface area contributed by atoms with Crippen molar-refractivity contribution in [2.75, 3.05) is 11.9 Å². The summed E-state index contributed by atoms with van der Waals surface area (Å²) in [4.78, 5) is 46.2. The molecule has 7 rings (SSSR count). The maximum atomic E-state index is 15.1. The Morgan fingerprint density at radius 3 is 2.47 bits per heavy atom. The highest BCUT2D eigenvalue weighted by atomic mass is 35.5. The van der Waals surface area contributed by atoms with E-state index < -0.39 is 23.4 Å². The van der Waals surface area contributed by atoms with E-state index in [-0.39, 0.29) is 24.1 Å². The lowest BCUT2D eigenvalue weighted by atomic mass is 9.62. The number of Topliss-reactive ketones (excluding diaryl/α,β-unsaturated/α-hetero) is 2. The average Bonchev–Trinajstić information content (AvgIpc) is 3.52. The SMILES string of the molecule is C=CCOc1ccccc1C(=O)[C@@H]1[C@@H](C(=O)c2ccc(Cl)cc2)N2C=Cc3ccccc3[C@@H]2[C@]12C(=O)Nc1ccccc12. The number of benzene rings is 4. The fourth-order valence-corrected chi connectivity index (χ4v) is 7.19. The quantitative estimate of drug-likeness (QED) is 0.189. The molecule has 1 N–H and O–H groups in total. The highest BCUT2D eigenvalue weighted by molar-refractivity contribution is 6.30. The molecule has 3 aliphatic rings. The Hall–Kier alpha value is -4.94. The number of halogens is 1. The number of carbonyl (C=O) groups excluding carboxylic acids is 3. The first-order chi connectivity index (χ1) is 21.0. The van der Waals surface area contributed by atoms with Gasteiger partial charge in [0.1, 0.15) is 23.8 Å². The number of ether oxygens (including phenoxy) is 1. The van der Waals surface area contributed by atoms with Crippen LogP contribution in [0.5, 0.6) is 5.75 Å². The van der Waals surface area contributed by atoms with Crippen LogP contribution in [0.3, 0.4) is 0 Å². The van der Waals surface area contributed by atoms with Crippen molar-refractivity contribution < 1.29 is 19.1 Å². The molecule has 212 valence electrons. The Balaban J connectivity index is 1.52. The number of nitrogens with zero attached hydrogens (tertiary/aromatic N) is 1. The second-order valence-electron chi connectivity index (χ2n) is 10.9. The molecular formula is C36H27ClN2O4. The van der Waals surface area contributed by atoms with Gasteiger partial charge in [0.25, 0.3) is 0 Å². The van der Waals surface area contributed by atoms with E-state index in [1.807, 2.05) is 65.7 Å². The second kappa shape index (κ2) is 10.4. The van der Waals surface area contributed by atoms with Gasteiger partial charge in [0, 0.05) is 22.5 Å². The molecule has 4 aromatic rings. The fourth-order valence-electron chi connectivity index (χ4n) is 7.06. The minimum absolute atomic E-state index is 0.196.